The smallest absolute Gasteiger partial charge is 0.466 e. The number of nitrogens with one attached hydrogen (secondary N) is 3. The molecule has 3 N–H and O–H groups in total. The first-order chi connectivity index (χ1) is 15.2. The molecule has 2 aromatic carbocycles. The van der Waals surface area contributed by atoms with Gasteiger partial charge >= 0.3 is 30.2 Å². The van der Waals surface area contributed by atoms with Crippen molar-refractivity contribution in [2.75, 3.05) is 17.7 Å². The van der Waals surface area contributed by atoms with Gasteiger partial charge in [-0.2, -0.15) is 13.2 Å². The van der Waals surface area contributed by atoms with E-state index in [1.807, 2.05) is 10.6 Å². The molecule has 0 heterocycles. The van der Waals surface area contributed by atoms with Gasteiger partial charge < -0.3 is 20.1 Å². The average Bonchev–Trinajstić information content (AvgIpc) is 2.69. The fourth-order valence-electron chi connectivity index (χ4n) is 2.56. The Bertz CT molecular complexity index is 1010. The van der Waals surface area contributed by atoms with Crippen LogP contribution in [0, 0.1) is 6.92 Å². The highest BCUT2D eigenvalue weighted by Crippen LogP contribution is 2.36. The van der Waals surface area contributed by atoms with Gasteiger partial charge in [-0.25, -0.2) is 9.59 Å². The number of urea groups is 1. The molecule has 1 atom stereocenters. The van der Waals surface area contributed by atoms with E-state index in [-0.39, 0.29) is 16.4 Å². The molecule has 0 aliphatic carbocycles. The normalized spacial score (nSPS) is 13.5. The molecule has 0 aliphatic rings. The van der Waals surface area contributed by atoms with Gasteiger partial charge in [0.05, 0.1) is 17.8 Å². The Balaban J connectivity index is 2.33. The van der Waals surface area contributed by atoms with Gasteiger partial charge in [-0.05, 0) is 42.8 Å². The van der Waals surface area contributed by atoms with Crippen molar-refractivity contribution < 1.29 is 45.4 Å². The van der Waals surface area contributed by atoms with Gasteiger partial charge in [-0.15, -0.1) is 13.2 Å². The number of rotatable bonds is 6. The molecule has 7 nitrogen and oxygen atoms in total. The molecule has 2 amide bonds. The summed E-state index contributed by atoms with van der Waals surface area (Å²) in [5, 5.41) is 5.22. The number of carbonyl (C=O) groups is 2. The van der Waals surface area contributed by atoms with Crippen molar-refractivity contribution >= 4 is 35.0 Å². The number of methoxy groups -OCH3 is 1. The minimum Gasteiger partial charge on any atom is -0.466 e. The van der Waals surface area contributed by atoms with Gasteiger partial charge in [0.25, 0.3) is 0 Å². The highest BCUT2D eigenvalue weighted by Gasteiger charge is 2.63. The summed E-state index contributed by atoms with van der Waals surface area (Å²) in [7, 11) is 0.682. The van der Waals surface area contributed by atoms with Crippen LogP contribution >= 0.6 is 11.6 Å². The first-order valence-corrected chi connectivity index (χ1v) is 9.20. The standard InChI is InChI=1S/C19H16ClF6N3O4/c1-10-4-3-5-13(14(10)20)28-17(15(30)32-2,18(21,22)23)29-16(31)27-11-6-8-12(9-7-11)33-19(24,25)26/h3-9,28H,1-2H3,(H2,27,29,31)/t17-/m0/s1. The summed E-state index contributed by atoms with van der Waals surface area (Å²) in [6, 6.07) is 6.03. The van der Waals surface area contributed by atoms with Crippen molar-refractivity contribution in [2.24, 2.45) is 0 Å². The lowest BCUT2D eigenvalue weighted by atomic mass is 10.1. The van der Waals surface area contributed by atoms with Crippen molar-refractivity contribution in [1.29, 1.82) is 0 Å². The molecule has 0 saturated heterocycles. The van der Waals surface area contributed by atoms with Crippen LogP contribution < -0.4 is 20.7 Å². The Morgan fingerprint density at radius 3 is 2.09 bits per heavy atom. The van der Waals surface area contributed by atoms with Crippen LogP contribution in [0.2, 0.25) is 5.02 Å². The molecule has 0 fully saturated rings. The van der Waals surface area contributed by atoms with Crippen molar-refractivity contribution in [2.45, 2.75) is 25.1 Å². The predicted octanol–water partition coefficient (Wildman–Crippen LogP) is 5.21. The molecule has 180 valence electrons. The number of esters is 1. The third kappa shape index (κ3) is 6.34. The van der Waals surface area contributed by atoms with E-state index in [0.29, 0.717) is 12.7 Å². The van der Waals surface area contributed by atoms with E-state index in [9.17, 15) is 35.9 Å². The van der Waals surface area contributed by atoms with Crippen LogP contribution in [0.25, 0.3) is 0 Å². The van der Waals surface area contributed by atoms with Crippen LogP contribution in [0.15, 0.2) is 42.5 Å². The van der Waals surface area contributed by atoms with Crippen LogP contribution in [0.1, 0.15) is 5.56 Å². The molecule has 0 unspecified atom stereocenters. The first-order valence-electron chi connectivity index (χ1n) is 8.82. The van der Waals surface area contributed by atoms with Crippen LogP contribution in [-0.2, 0) is 9.53 Å². The van der Waals surface area contributed by atoms with Gasteiger partial charge in [0.1, 0.15) is 5.75 Å². The van der Waals surface area contributed by atoms with Gasteiger partial charge in [-0.1, -0.05) is 23.7 Å². The zero-order chi connectivity index (χ0) is 25.0. The number of halogens is 7. The first kappa shape index (κ1) is 25.9. The molecule has 2 aromatic rings. The van der Waals surface area contributed by atoms with E-state index in [2.05, 4.69) is 9.47 Å². The largest absolute Gasteiger partial charge is 0.573 e. The molecule has 0 radical (unpaired) electrons. The van der Waals surface area contributed by atoms with E-state index in [0.717, 1.165) is 30.3 Å². The van der Waals surface area contributed by atoms with Gasteiger partial charge in [0.2, 0.25) is 0 Å². The predicted molar refractivity (Wildman–Crippen MR) is 106 cm³/mol. The molecule has 33 heavy (non-hydrogen) atoms. The second-order valence-corrected chi connectivity index (χ2v) is 6.83. The van der Waals surface area contributed by atoms with Crippen LogP contribution in [0.5, 0.6) is 5.75 Å². The molecule has 0 bridgehead atoms. The Morgan fingerprint density at radius 1 is 0.970 bits per heavy atom. The lowest BCUT2D eigenvalue weighted by Gasteiger charge is -2.35. The summed E-state index contributed by atoms with van der Waals surface area (Å²) >= 11 is 6.02. The van der Waals surface area contributed by atoms with E-state index >= 15 is 0 Å². The highest BCUT2D eigenvalue weighted by atomic mass is 35.5. The van der Waals surface area contributed by atoms with Crippen molar-refractivity contribution in [3.63, 3.8) is 0 Å². The number of amides is 2. The number of alkyl halides is 6. The van der Waals surface area contributed by atoms with Gasteiger partial charge in [-0.3, -0.25) is 5.32 Å². The number of hydrogen-bond donors (Lipinski definition) is 3. The van der Waals surface area contributed by atoms with Crippen LogP contribution in [0.4, 0.5) is 42.5 Å². The van der Waals surface area contributed by atoms with Crippen LogP contribution in [-0.4, -0.2) is 37.3 Å². The van der Waals surface area contributed by atoms with Crippen molar-refractivity contribution in [1.82, 2.24) is 5.32 Å². The number of hydrogen-bond acceptors (Lipinski definition) is 5. The summed E-state index contributed by atoms with van der Waals surface area (Å²) in [6.07, 6.45) is -10.4. The quantitative estimate of drug-likeness (QED) is 0.288. The maximum absolute atomic E-state index is 14.1. The summed E-state index contributed by atoms with van der Waals surface area (Å²) in [4.78, 5) is 24.6. The summed E-state index contributed by atoms with van der Waals surface area (Å²) in [6.45, 7) is 1.51. The van der Waals surface area contributed by atoms with E-state index in [1.165, 1.54) is 24.4 Å². The fraction of sp³-hybridized carbons (Fsp3) is 0.263. The molecular weight excluding hydrogens is 484 g/mol. The van der Waals surface area contributed by atoms with E-state index < -0.39 is 36.0 Å². The lowest BCUT2D eigenvalue weighted by molar-refractivity contribution is -0.274. The Hall–Kier alpha value is -3.35. The van der Waals surface area contributed by atoms with Crippen LogP contribution in [0.3, 0.4) is 0 Å². The zero-order valence-electron chi connectivity index (χ0n) is 16.8. The van der Waals surface area contributed by atoms with E-state index in [1.54, 1.807) is 0 Å². The number of aryl methyl sites for hydroxylation is 1. The van der Waals surface area contributed by atoms with Gasteiger partial charge in [0, 0.05) is 5.69 Å². The Labute approximate surface area is 188 Å². The average molecular weight is 500 g/mol. The second-order valence-electron chi connectivity index (χ2n) is 6.45. The number of anilines is 2. The minimum atomic E-state index is -5.42. The summed E-state index contributed by atoms with van der Waals surface area (Å²) in [5.41, 5.74) is -3.90. The topological polar surface area (TPSA) is 88.7 Å². The number of ether oxygens (including phenoxy) is 2. The summed E-state index contributed by atoms with van der Waals surface area (Å²) in [5.74, 6) is -2.53. The highest BCUT2D eigenvalue weighted by molar-refractivity contribution is 6.34. The third-order valence-electron chi connectivity index (χ3n) is 4.08. The molecule has 2 rings (SSSR count). The fourth-order valence-corrected chi connectivity index (χ4v) is 2.74. The third-order valence-corrected chi connectivity index (χ3v) is 4.58. The Morgan fingerprint density at radius 2 is 1.58 bits per heavy atom. The monoisotopic (exact) mass is 499 g/mol. The molecular formula is C19H16ClF6N3O4. The van der Waals surface area contributed by atoms with Gasteiger partial charge in [0.15, 0.2) is 0 Å². The maximum atomic E-state index is 14.1. The van der Waals surface area contributed by atoms with E-state index in [4.69, 9.17) is 11.6 Å². The molecule has 14 heteroatoms. The SMILES string of the molecule is COC(=O)[C@@](NC(=O)Nc1ccc(OC(F)(F)F)cc1)(Nc1cccc(C)c1Cl)C(F)(F)F. The minimum absolute atomic E-state index is 0.141. The zero-order valence-corrected chi connectivity index (χ0v) is 17.6. The van der Waals surface area contributed by atoms with Crippen molar-refractivity contribution in [3.05, 3.63) is 53.1 Å². The molecule has 0 aliphatic heterocycles. The summed E-state index contributed by atoms with van der Waals surface area (Å²) < 4.78 is 86.8. The number of benzene rings is 2. The Kier molecular flexibility index (Phi) is 7.57. The van der Waals surface area contributed by atoms with Crippen molar-refractivity contribution in [3.8, 4) is 5.75 Å². The second kappa shape index (κ2) is 9.65. The molecule has 0 spiro atoms. The molecule has 0 saturated carbocycles. The number of carbonyl (C=O) groups excluding carboxylic acids is 2. The maximum Gasteiger partial charge on any atom is 0.573 e. The molecule has 0 aromatic heterocycles. The lowest BCUT2D eigenvalue weighted by Crippen LogP contribution is -2.69.